The van der Waals surface area contributed by atoms with E-state index in [9.17, 15) is 11.0 Å². The third-order valence-corrected chi connectivity index (χ3v) is 10.6. The average molecular weight is 722 g/mol. The number of hydrogen-bond donors (Lipinski definition) is 0. The molecule has 0 amide bonds. The smallest absolute Gasteiger partial charge is 0.143 e. The third kappa shape index (κ3) is 5.26. The van der Waals surface area contributed by atoms with Crippen LogP contribution in [0, 0.1) is 0 Å². The molecule has 0 N–H and O–H groups in total. The zero-order chi connectivity index (χ0) is 44.0. The molecule has 1 heterocycles. The molecular formula is C54H35NO. The number of anilines is 3. The van der Waals surface area contributed by atoms with E-state index >= 15 is 0 Å². The van der Waals surface area contributed by atoms with Crippen LogP contribution in [0.25, 0.3) is 87.6 Å². The van der Waals surface area contributed by atoms with Crippen LogP contribution >= 0.6 is 0 Å². The van der Waals surface area contributed by atoms with E-state index in [1.807, 2.05) is 140 Å². The first-order valence-corrected chi connectivity index (χ1v) is 18.5. The summed E-state index contributed by atoms with van der Waals surface area (Å²) in [5, 5.41) is 6.72. The fraction of sp³-hybridized carbons (Fsp3) is 0. The van der Waals surface area contributed by atoms with Crippen molar-refractivity contribution >= 4 is 71.3 Å². The lowest BCUT2D eigenvalue weighted by molar-refractivity contribution is 0.672. The van der Waals surface area contributed by atoms with Gasteiger partial charge >= 0.3 is 0 Å². The van der Waals surface area contributed by atoms with Crippen molar-refractivity contribution in [1.82, 2.24) is 0 Å². The maximum atomic E-state index is 9.80. The Morgan fingerprint density at radius 1 is 0.357 bits per heavy atom. The molecule has 56 heavy (non-hydrogen) atoms. The van der Waals surface area contributed by atoms with Gasteiger partial charge in [-0.15, -0.1) is 0 Å². The summed E-state index contributed by atoms with van der Waals surface area (Å²) in [6.07, 6.45) is 0. The van der Waals surface area contributed by atoms with E-state index in [0.29, 0.717) is 28.0 Å². The maximum absolute atomic E-state index is 9.80. The molecule has 2 heteroatoms. The van der Waals surface area contributed by atoms with E-state index in [-0.39, 0.29) is 46.7 Å². The summed E-state index contributed by atoms with van der Waals surface area (Å²) in [5.41, 5.74) is 3.95. The Balaban J connectivity index is 1.24. The Kier molecular flexibility index (Phi) is 5.83. The molecule has 0 saturated heterocycles. The predicted octanol–water partition coefficient (Wildman–Crippen LogP) is 15.5. The first kappa shape index (κ1) is 24.8. The van der Waals surface area contributed by atoms with Crippen LogP contribution in [0.1, 0.15) is 11.0 Å². The van der Waals surface area contributed by atoms with E-state index in [0.717, 1.165) is 54.2 Å². The van der Waals surface area contributed by atoms with E-state index in [1.165, 1.54) is 4.90 Å². The van der Waals surface area contributed by atoms with E-state index < -0.39 is 24.2 Å². The Morgan fingerprint density at radius 2 is 0.821 bits per heavy atom. The molecule has 0 bridgehead atoms. The van der Waals surface area contributed by atoms with E-state index in [1.54, 1.807) is 24.3 Å². The number of nitrogens with zero attached hydrogens (tertiary/aromatic N) is 1. The summed E-state index contributed by atoms with van der Waals surface area (Å²) in [6.45, 7) is 0. The molecule has 1 aromatic heterocycles. The number of furan rings is 1. The summed E-state index contributed by atoms with van der Waals surface area (Å²) in [7, 11) is 0. The van der Waals surface area contributed by atoms with Crippen molar-refractivity contribution in [1.29, 1.82) is 0 Å². The van der Waals surface area contributed by atoms with Gasteiger partial charge in [-0.2, -0.15) is 0 Å². The topological polar surface area (TPSA) is 16.4 Å². The van der Waals surface area contributed by atoms with Crippen LogP contribution in [-0.2, 0) is 0 Å². The quantitative estimate of drug-likeness (QED) is 0.170. The minimum Gasteiger partial charge on any atom is -0.455 e. The largest absolute Gasteiger partial charge is 0.455 e. The fourth-order valence-electron chi connectivity index (χ4n) is 8.01. The van der Waals surface area contributed by atoms with Gasteiger partial charge in [0, 0.05) is 33.1 Å². The van der Waals surface area contributed by atoms with Crippen molar-refractivity contribution in [2.24, 2.45) is 0 Å². The van der Waals surface area contributed by atoms with Crippen molar-refractivity contribution < 1.29 is 15.4 Å². The second kappa shape index (κ2) is 13.2. The second-order valence-corrected chi connectivity index (χ2v) is 13.8. The highest BCUT2D eigenvalue weighted by atomic mass is 16.3. The van der Waals surface area contributed by atoms with Crippen molar-refractivity contribution in [2.75, 3.05) is 4.90 Å². The Bertz CT molecular complexity index is 3530. The number of rotatable bonds is 6. The molecule has 10 aromatic carbocycles. The van der Waals surface area contributed by atoms with Crippen molar-refractivity contribution in [3.05, 3.63) is 212 Å². The summed E-state index contributed by atoms with van der Waals surface area (Å²) >= 11 is 0. The minimum absolute atomic E-state index is 0.109. The standard InChI is InChI=1S/C54H35NO/c1-3-17-42-36(13-1)15-11-23-44(42)38-27-31-40(32-28-38)55(41-33-29-39(30-34-41)45-24-12-16-37-14-2-4-18-43(37)45)52-25-9-7-20-47(52)50-35-51-48-21-8-10-26-53(48)56-54(51)49-22-6-5-19-46(49)50/h1-35H/i27D,28D,29D,30D,31D,32D,33D,34D. The van der Waals surface area contributed by atoms with Crippen molar-refractivity contribution in [3.63, 3.8) is 0 Å². The van der Waals surface area contributed by atoms with Gasteiger partial charge in [-0.3, -0.25) is 0 Å². The molecule has 0 fully saturated rings. The van der Waals surface area contributed by atoms with Gasteiger partial charge in [-0.05, 0) is 97.1 Å². The molecule has 11 aromatic rings. The average Bonchev–Trinajstić information content (AvgIpc) is 3.71. The first-order chi connectivity index (χ1) is 31.1. The molecule has 262 valence electrons. The van der Waals surface area contributed by atoms with Crippen LogP contribution in [0.4, 0.5) is 17.1 Å². The lowest BCUT2D eigenvalue weighted by Crippen LogP contribution is -2.11. The highest BCUT2D eigenvalue weighted by molar-refractivity contribution is 6.20. The zero-order valence-corrected chi connectivity index (χ0v) is 29.9. The molecule has 11 rings (SSSR count). The van der Waals surface area contributed by atoms with Gasteiger partial charge in [0.2, 0.25) is 0 Å². The number of para-hydroxylation sites is 2. The molecule has 0 saturated carbocycles. The minimum atomic E-state index is -0.408. The van der Waals surface area contributed by atoms with Crippen LogP contribution in [0.3, 0.4) is 0 Å². The van der Waals surface area contributed by atoms with Gasteiger partial charge in [0.05, 0.1) is 16.7 Å². The zero-order valence-electron chi connectivity index (χ0n) is 37.9. The summed E-state index contributed by atoms with van der Waals surface area (Å²) in [5.74, 6) is 0. The van der Waals surface area contributed by atoms with Gasteiger partial charge in [-0.1, -0.05) is 170 Å². The van der Waals surface area contributed by atoms with Gasteiger partial charge < -0.3 is 9.32 Å². The highest BCUT2D eigenvalue weighted by Gasteiger charge is 2.21. The number of benzene rings is 10. The van der Waals surface area contributed by atoms with Crippen LogP contribution in [0.2, 0.25) is 0 Å². The normalized spacial score (nSPS) is 13.6. The second-order valence-electron chi connectivity index (χ2n) is 13.8. The molecule has 0 atom stereocenters. The molecule has 0 aliphatic heterocycles. The fourth-order valence-corrected chi connectivity index (χ4v) is 8.01. The van der Waals surface area contributed by atoms with E-state index in [2.05, 4.69) is 0 Å². The SMILES string of the molecule is [2H]c1c([2H])c(N(c2ccccc2-c2cc3c4ccccc4oc3c3ccccc23)c2c([2H])c([2H])c(-c3cccc4ccccc34)c([2H])c2[2H])c([2H])c([2H])c1-c1cccc2ccccc12. The van der Waals surface area contributed by atoms with Gasteiger partial charge in [0.1, 0.15) is 11.2 Å². The van der Waals surface area contributed by atoms with Gasteiger partial charge in [-0.25, -0.2) is 0 Å². The van der Waals surface area contributed by atoms with Crippen LogP contribution in [-0.4, -0.2) is 0 Å². The Labute approximate surface area is 336 Å². The van der Waals surface area contributed by atoms with Crippen molar-refractivity contribution in [3.8, 4) is 33.4 Å². The number of hydrogen-bond acceptors (Lipinski definition) is 2. The summed E-state index contributed by atoms with van der Waals surface area (Å²) < 4.78 is 84.0. The molecule has 0 spiro atoms. The number of fused-ring (bicyclic) bond motifs is 7. The summed E-state index contributed by atoms with van der Waals surface area (Å²) in [6, 6.07) is 48.4. The molecule has 2 nitrogen and oxygen atoms in total. The predicted molar refractivity (Wildman–Crippen MR) is 237 cm³/mol. The first-order valence-electron chi connectivity index (χ1n) is 22.5. The molecule has 0 aliphatic rings. The van der Waals surface area contributed by atoms with Gasteiger partial charge in [0.25, 0.3) is 0 Å². The third-order valence-electron chi connectivity index (χ3n) is 10.6. The molecule has 0 radical (unpaired) electrons. The van der Waals surface area contributed by atoms with Crippen LogP contribution < -0.4 is 4.90 Å². The Morgan fingerprint density at radius 3 is 1.45 bits per heavy atom. The van der Waals surface area contributed by atoms with Crippen LogP contribution in [0.5, 0.6) is 0 Å². The van der Waals surface area contributed by atoms with Crippen LogP contribution in [0.15, 0.2) is 217 Å². The lowest BCUT2D eigenvalue weighted by atomic mass is 9.93. The molecule has 0 unspecified atom stereocenters. The summed E-state index contributed by atoms with van der Waals surface area (Å²) in [4.78, 5) is 1.41. The maximum Gasteiger partial charge on any atom is 0.143 e. The highest BCUT2D eigenvalue weighted by Crippen LogP contribution is 2.46. The molecular weight excluding hydrogens is 679 g/mol. The van der Waals surface area contributed by atoms with E-state index in [4.69, 9.17) is 4.42 Å². The molecule has 0 aliphatic carbocycles. The lowest BCUT2D eigenvalue weighted by Gasteiger charge is -2.28. The van der Waals surface area contributed by atoms with Gasteiger partial charge in [0.15, 0.2) is 0 Å². The Hall–Kier alpha value is -7.42. The monoisotopic (exact) mass is 721 g/mol. The van der Waals surface area contributed by atoms with Crippen molar-refractivity contribution in [2.45, 2.75) is 0 Å².